The van der Waals surface area contributed by atoms with E-state index in [1.807, 2.05) is 12.1 Å². The summed E-state index contributed by atoms with van der Waals surface area (Å²) in [6.45, 7) is 2.22. The summed E-state index contributed by atoms with van der Waals surface area (Å²) in [6.07, 6.45) is 8.19. The Morgan fingerprint density at radius 1 is 1.07 bits per heavy atom. The van der Waals surface area contributed by atoms with Crippen molar-refractivity contribution in [2.45, 2.75) is 76.0 Å². The van der Waals surface area contributed by atoms with Gasteiger partial charge in [-0.25, -0.2) is 4.39 Å². The molecule has 4 fully saturated rings. The number of anilines is 2. The molecule has 2 heterocycles. The van der Waals surface area contributed by atoms with Crippen molar-refractivity contribution < 1.29 is 14.3 Å². The van der Waals surface area contributed by atoms with E-state index >= 15 is 0 Å². The Balaban J connectivity index is 1.29. The Labute approximate surface area is 172 Å². The highest BCUT2D eigenvalue weighted by Crippen LogP contribution is 2.44. The Morgan fingerprint density at radius 2 is 1.86 bits per heavy atom. The van der Waals surface area contributed by atoms with Gasteiger partial charge in [0.1, 0.15) is 5.82 Å². The van der Waals surface area contributed by atoms with Crippen LogP contribution in [0.2, 0.25) is 0 Å². The number of halogens is 1. The maximum Gasteiger partial charge on any atom is 0.230 e. The minimum atomic E-state index is -0.369. The molecule has 2 saturated carbocycles. The van der Waals surface area contributed by atoms with E-state index in [0.717, 1.165) is 76.6 Å². The highest BCUT2D eigenvalue weighted by molar-refractivity contribution is 5.86. The summed E-state index contributed by atoms with van der Waals surface area (Å²) in [5, 5.41) is 13.1. The molecule has 2 aliphatic heterocycles. The zero-order valence-corrected chi connectivity index (χ0v) is 17.1. The number of likely N-dealkylation sites (tertiary alicyclic amines) is 1. The molecule has 158 valence electrons. The molecule has 1 spiro atoms. The molecule has 0 bridgehead atoms. The molecular formula is C23H32FN3O2. The van der Waals surface area contributed by atoms with Gasteiger partial charge >= 0.3 is 0 Å². The van der Waals surface area contributed by atoms with Crippen molar-refractivity contribution >= 4 is 17.3 Å². The van der Waals surface area contributed by atoms with E-state index in [1.54, 1.807) is 6.07 Å². The normalized spacial score (nSPS) is 32.8. The Kier molecular flexibility index (Phi) is 4.93. The van der Waals surface area contributed by atoms with Crippen LogP contribution in [0.4, 0.5) is 15.8 Å². The zero-order chi connectivity index (χ0) is 20.0. The van der Waals surface area contributed by atoms with Crippen LogP contribution >= 0.6 is 0 Å². The summed E-state index contributed by atoms with van der Waals surface area (Å²) in [7, 11) is 0. The van der Waals surface area contributed by atoms with E-state index in [-0.39, 0.29) is 29.3 Å². The number of carbonyl (C=O) groups is 1. The Bertz CT molecular complexity index is 775. The van der Waals surface area contributed by atoms with Crippen molar-refractivity contribution in [3.05, 3.63) is 24.0 Å². The van der Waals surface area contributed by atoms with Crippen LogP contribution in [-0.4, -0.2) is 53.7 Å². The third kappa shape index (κ3) is 3.72. The van der Waals surface area contributed by atoms with Crippen LogP contribution in [0, 0.1) is 11.2 Å². The lowest BCUT2D eigenvalue weighted by Crippen LogP contribution is -2.50. The third-order valence-electron chi connectivity index (χ3n) is 7.47. The molecule has 5 nitrogen and oxygen atoms in total. The fraction of sp³-hybridized carbons (Fsp3) is 0.696. The number of hydrogen-bond acceptors (Lipinski definition) is 4. The molecule has 29 heavy (non-hydrogen) atoms. The maximum absolute atomic E-state index is 14.9. The average Bonchev–Trinajstić information content (AvgIpc) is 3.48. The van der Waals surface area contributed by atoms with E-state index in [9.17, 15) is 14.3 Å². The summed E-state index contributed by atoms with van der Waals surface area (Å²) < 4.78 is 14.9. The number of amides is 1. The topological polar surface area (TPSA) is 55.8 Å². The van der Waals surface area contributed by atoms with Crippen LogP contribution < -0.4 is 10.2 Å². The summed E-state index contributed by atoms with van der Waals surface area (Å²) in [5.41, 5.74) is 1.10. The Morgan fingerprint density at radius 3 is 2.59 bits per heavy atom. The molecule has 2 N–H and O–H groups in total. The van der Waals surface area contributed by atoms with Gasteiger partial charge in [0.05, 0.1) is 17.2 Å². The van der Waals surface area contributed by atoms with Gasteiger partial charge in [-0.15, -0.1) is 0 Å². The van der Waals surface area contributed by atoms with Crippen molar-refractivity contribution in [3.8, 4) is 0 Å². The van der Waals surface area contributed by atoms with Gasteiger partial charge in [0.2, 0.25) is 5.91 Å². The molecular weight excluding hydrogens is 369 g/mol. The lowest BCUT2D eigenvalue weighted by atomic mass is 9.78. The standard InChI is InChI=1S/C23H32FN3O2/c24-20-14-17(25-16-2-3-16)4-9-21(20)26-12-1-10-23(15-26)11-13-27(22(23)29)18-5-7-19(28)8-6-18/h4,9,14,16,18-19,25,28H,1-3,5-8,10-13,15H2. The first-order chi connectivity index (χ1) is 14.0. The van der Waals surface area contributed by atoms with E-state index in [2.05, 4.69) is 15.1 Å². The summed E-state index contributed by atoms with van der Waals surface area (Å²) in [5.74, 6) is 0.0623. The van der Waals surface area contributed by atoms with Crippen molar-refractivity contribution in [1.82, 2.24) is 4.90 Å². The quantitative estimate of drug-likeness (QED) is 0.811. The minimum Gasteiger partial charge on any atom is -0.393 e. The predicted octanol–water partition coefficient (Wildman–Crippen LogP) is 3.52. The third-order valence-corrected chi connectivity index (χ3v) is 7.47. The molecule has 5 rings (SSSR count). The first-order valence-corrected chi connectivity index (χ1v) is 11.3. The maximum atomic E-state index is 14.9. The molecule has 2 aliphatic carbocycles. The van der Waals surface area contributed by atoms with Crippen molar-refractivity contribution in [2.24, 2.45) is 5.41 Å². The average molecular weight is 402 g/mol. The molecule has 2 saturated heterocycles. The van der Waals surface area contributed by atoms with Crippen LogP contribution in [0.1, 0.15) is 57.8 Å². The molecule has 4 aliphatic rings. The smallest absolute Gasteiger partial charge is 0.230 e. The number of piperidine rings is 1. The SMILES string of the molecule is O=C1N(C2CCC(O)CC2)CCC12CCCN(c1ccc(NC3CC3)cc1F)C2. The van der Waals surface area contributed by atoms with Crippen LogP contribution in [0.3, 0.4) is 0 Å². The second-order valence-corrected chi connectivity index (χ2v) is 9.60. The predicted molar refractivity (Wildman–Crippen MR) is 112 cm³/mol. The second kappa shape index (κ2) is 7.46. The van der Waals surface area contributed by atoms with Gasteiger partial charge in [-0.3, -0.25) is 4.79 Å². The Hall–Kier alpha value is -1.82. The number of nitrogens with zero attached hydrogens (tertiary/aromatic N) is 2. The van der Waals surface area contributed by atoms with Gasteiger partial charge in [-0.2, -0.15) is 0 Å². The van der Waals surface area contributed by atoms with Crippen LogP contribution in [0.25, 0.3) is 0 Å². The number of rotatable bonds is 4. The molecule has 1 atom stereocenters. The van der Waals surface area contributed by atoms with E-state index in [4.69, 9.17) is 0 Å². The molecule has 0 aromatic heterocycles. The van der Waals surface area contributed by atoms with Gasteiger partial charge in [-0.1, -0.05) is 0 Å². The summed E-state index contributed by atoms with van der Waals surface area (Å²) in [6, 6.07) is 6.21. The lowest BCUT2D eigenvalue weighted by Gasteiger charge is -2.41. The summed E-state index contributed by atoms with van der Waals surface area (Å²) >= 11 is 0. The van der Waals surface area contributed by atoms with Gasteiger partial charge in [0.25, 0.3) is 0 Å². The van der Waals surface area contributed by atoms with Crippen LogP contribution in [-0.2, 0) is 4.79 Å². The van der Waals surface area contributed by atoms with Crippen LogP contribution in [0.5, 0.6) is 0 Å². The van der Waals surface area contributed by atoms with E-state index in [0.29, 0.717) is 18.3 Å². The number of hydrogen-bond donors (Lipinski definition) is 2. The largest absolute Gasteiger partial charge is 0.393 e. The number of nitrogens with one attached hydrogen (secondary N) is 1. The van der Waals surface area contributed by atoms with Gasteiger partial charge in [-0.05, 0) is 76.0 Å². The highest BCUT2D eigenvalue weighted by Gasteiger charge is 2.50. The second-order valence-electron chi connectivity index (χ2n) is 9.60. The van der Waals surface area contributed by atoms with Crippen molar-refractivity contribution in [3.63, 3.8) is 0 Å². The highest BCUT2D eigenvalue weighted by atomic mass is 19.1. The van der Waals surface area contributed by atoms with Gasteiger partial charge in [0, 0.05) is 37.4 Å². The monoisotopic (exact) mass is 401 g/mol. The number of aliphatic hydroxyl groups excluding tert-OH is 1. The van der Waals surface area contributed by atoms with E-state index in [1.165, 1.54) is 0 Å². The summed E-state index contributed by atoms with van der Waals surface area (Å²) in [4.78, 5) is 17.6. The van der Waals surface area contributed by atoms with Crippen molar-refractivity contribution in [1.29, 1.82) is 0 Å². The van der Waals surface area contributed by atoms with Crippen molar-refractivity contribution in [2.75, 3.05) is 29.9 Å². The molecule has 1 amide bonds. The number of benzene rings is 1. The molecule has 1 aromatic carbocycles. The number of aliphatic hydroxyl groups is 1. The zero-order valence-electron chi connectivity index (χ0n) is 17.1. The van der Waals surface area contributed by atoms with Gasteiger partial charge in [0.15, 0.2) is 0 Å². The first kappa shape index (κ1) is 19.2. The molecule has 0 radical (unpaired) electrons. The number of carbonyl (C=O) groups excluding carboxylic acids is 1. The molecule has 1 unspecified atom stereocenters. The van der Waals surface area contributed by atoms with E-state index < -0.39 is 0 Å². The molecule has 1 aromatic rings. The first-order valence-electron chi connectivity index (χ1n) is 11.3. The molecule has 6 heteroatoms. The van der Waals surface area contributed by atoms with Crippen LogP contribution in [0.15, 0.2) is 18.2 Å². The van der Waals surface area contributed by atoms with Gasteiger partial charge < -0.3 is 20.2 Å². The fourth-order valence-electron chi connectivity index (χ4n) is 5.60. The lowest BCUT2D eigenvalue weighted by molar-refractivity contribution is -0.139. The minimum absolute atomic E-state index is 0.198. The fourth-order valence-corrected chi connectivity index (χ4v) is 5.60.